The number of hydrogen-bond acceptors (Lipinski definition) is 3. The van der Waals surface area contributed by atoms with E-state index in [4.69, 9.17) is 4.74 Å². The maximum absolute atomic E-state index is 12.2. The average Bonchev–Trinajstić information content (AvgIpc) is 2.63. The predicted octanol–water partition coefficient (Wildman–Crippen LogP) is 2.87. The van der Waals surface area contributed by atoms with E-state index in [1.165, 1.54) is 12.0 Å². The molecule has 1 aliphatic heterocycles. The van der Waals surface area contributed by atoms with Crippen molar-refractivity contribution in [3.05, 3.63) is 35.9 Å². The van der Waals surface area contributed by atoms with E-state index in [0.717, 1.165) is 65.1 Å². The highest BCUT2D eigenvalue weighted by atomic mass is 16.5. The summed E-state index contributed by atoms with van der Waals surface area (Å²) in [5, 5.41) is 3.05. The molecule has 1 amide bonds. The molecule has 134 valence electrons. The largest absolute Gasteiger partial charge is 0.382 e. The van der Waals surface area contributed by atoms with Gasteiger partial charge in [0, 0.05) is 25.7 Å². The topological polar surface area (TPSA) is 41.6 Å². The van der Waals surface area contributed by atoms with Gasteiger partial charge in [-0.3, -0.25) is 4.79 Å². The Kier molecular flexibility index (Phi) is 8.85. The third-order valence-corrected chi connectivity index (χ3v) is 4.71. The molecule has 0 bridgehead atoms. The van der Waals surface area contributed by atoms with Crippen LogP contribution in [0.15, 0.2) is 30.3 Å². The van der Waals surface area contributed by atoms with Crippen molar-refractivity contribution in [1.29, 1.82) is 0 Å². The third-order valence-electron chi connectivity index (χ3n) is 4.71. The molecule has 1 saturated heterocycles. The molecule has 0 aromatic heterocycles. The van der Waals surface area contributed by atoms with Crippen molar-refractivity contribution in [3.63, 3.8) is 0 Å². The van der Waals surface area contributed by atoms with Gasteiger partial charge < -0.3 is 15.0 Å². The Morgan fingerprint density at radius 3 is 2.67 bits per heavy atom. The number of carbonyl (C=O) groups is 1. The van der Waals surface area contributed by atoms with Crippen LogP contribution in [-0.4, -0.2) is 50.2 Å². The second-order valence-corrected chi connectivity index (χ2v) is 6.55. The zero-order chi connectivity index (χ0) is 17.0. The molecule has 0 atom stereocenters. The molecule has 24 heavy (non-hydrogen) atoms. The van der Waals surface area contributed by atoms with Crippen LogP contribution < -0.4 is 5.32 Å². The molecule has 2 rings (SSSR count). The number of benzene rings is 1. The summed E-state index contributed by atoms with van der Waals surface area (Å²) in [6, 6.07) is 10.7. The van der Waals surface area contributed by atoms with Gasteiger partial charge in [-0.25, -0.2) is 0 Å². The molecule has 0 spiro atoms. The maximum Gasteiger partial charge on any atom is 0.223 e. The summed E-state index contributed by atoms with van der Waals surface area (Å²) in [4.78, 5) is 14.7. The lowest BCUT2D eigenvalue weighted by atomic mass is 9.95. The summed E-state index contributed by atoms with van der Waals surface area (Å²) in [6.07, 6.45) is 5.21. The molecule has 1 fully saturated rings. The summed E-state index contributed by atoms with van der Waals surface area (Å²) in [5.41, 5.74) is 1.42. The monoisotopic (exact) mass is 332 g/mol. The van der Waals surface area contributed by atoms with Crippen molar-refractivity contribution in [2.24, 2.45) is 5.92 Å². The van der Waals surface area contributed by atoms with Gasteiger partial charge in [0.25, 0.3) is 0 Å². The Hall–Kier alpha value is -1.39. The van der Waals surface area contributed by atoms with Crippen LogP contribution in [0, 0.1) is 5.92 Å². The van der Waals surface area contributed by atoms with Crippen molar-refractivity contribution in [3.8, 4) is 0 Å². The van der Waals surface area contributed by atoms with Gasteiger partial charge in [-0.1, -0.05) is 30.3 Å². The minimum Gasteiger partial charge on any atom is -0.382 e. The molecule has 0 saturated carbocycles. The highest BCUT2D eigenvalue weighted by molar-refractivity contribution is 5.78. The first kappa shape index (κ1) is 18.9. The van der Waals surface area contributed by atoms with Gasteiger partial charge >= 0.3 is 0 Å². The number of ether oxygens (including phenoxy) is 1. The van der Waals surface area contributed by atoms with Crippen molar-refractivity contribution in [2.75, 3.05) is 39.4 Å². The van der Waals surface area contributed by atoms with Crippen molar-refractivity contribution in [2.45, 2.75) is 39.0 Å². The van der Waals surface area contributed by atoms with Gasteiger partial charge in [-0.05, 0) is 64.2 Å². The molecule has 4 nitrogen and oxygen atoms in total. The number of piperidine rings is 1. The summed E-state index contributed by atoms with van der Waals surface area (Å²) in [7, 11) is 0. The first-order valence-electron chi connectivity index (χ1n) is 9.41. The molecular formula is C20H32N2O2. The van der Waals surface area contributed by atoms with Gasteiger partial charge in [0.15, 0.2) is 0 Å². The summed E-state index contributed by atoms with van der Waals surface area (Å²) >= 11 is 0. The van der Waals surface area contributed by atoms with E-state index < -0.39 is 0 Å². The van der Waals surface area contributed by atoms with Gasteiger partial charge in [-0.15, -0.1) is 0 Å². The minimum absolute atomic E-state index is 0.197. The summed E-state index contributed by atoms with van der Waals surface area (Å²) in [5.74, 6) is 0.429. The van der Waals surface area contributed by atoms with Gasteiger partial charge in [0.2, 0.25) is 5.91 Å². The number of rotatable bonds is 10. The van der Waals surface area contributed by atoms with Crippen LogP contribution in [0.1, 0.15) is 38.2 Å². The second-order valence-electron chi connectivity index (χ2n) is 6.55. The number of amides is 1. The lowest BCUT2D eigenvalue weighted by Crippen LogP contribution is -2.41. The molecule has 1 aliphatic rings. The Bertz CT molecular complexity index is 456. The van der Waals surface area contributed by atoms with Gasteiger partial charge in [0.05, 0.1) is 0 Å². The van der Waals surface area contributed by atoms with E-state index in [2.05, 4.69) is 40.5 Å². The highest BCUT2D eigenvalue weighted by Crippen LogP contribution is 2.18. The number of nitrogens with one attached hydrogen (secondary N) is 1. The molecular weight excluding hydrogens is 300 g/mol. The van der Waals surface area contributed by atoms with Gasteiger partial charge in [-0.2, -0.15) is 0 Å². The molecule has 1 aromatic rings. The van der Waals surface area contributed by atoms with Crippen LogP contribution in [0.4, 0.5) is 0 Å². The number of hydrogen-bond donors (Lipinski definition) is 1. The molecule has 4 heteroatoms. The Labute approximate surface area is 146 Å². The van der Waals surface area contributed by atoms with Crippen LogP contribution in [0.3, 0.4) is 0 Å². The van der Waals surface area contributed by atoms with Gasteiger partial charge in [0.1, 0.15) is 0 Å². The lowest BCUT2D eigenvalue weighted by Gasteiger charge is -2.31. The standard InChI is InChI=1S/C20H32N2O2/c1-2-24-17-7-13-21-20(23)19-11-15-22(16-12-19)14-6-10-18-8-4-3-5-9-18/h3-5,8-9,19H,2,6-7,10-17H2,1H3,(H,21,23). The summed E-state index contributed by atoms with van der Waals surface area (Å²) < 4.78 is 5.29. The fourth-order valence-corrected chi connectivity index (χ4v) is 3.24. The lowest BCUT2D eigenvalue weighted by molar-refractivity contribution is -0.126. The fourth-order valence-electron chi connectivity index (χ4n) is 3.24. The van der Waals surface area contributed by atoms with E-state index in [0.29, 0.717) is 0 Å². The van der Waals surface area contributed by atoms with E-state index >= 15 is 0 Å². The predicted molar refractivity (Wildman–Crippen MR) is 98.0 cm³/mol. The Balaban J connectivity index is 1.55. The third kappa shape index (κ3) is 7.02. The quantitative estimate of drug-likeness (QED) is 0.670. The molecule has 0 radical (unpaired) electrons. The zero-order valence-corrected chi connectivity index (χ0v) is 15.0. The number of aryl methyl sites for hydroxylation is 1. The smallest absolute Gasteiger partial charge is 0.223 e. The highest BCUT2D eigenvalue weighted by Gasteiger charge is 2.24. The molecule has 1 heterocycles. The molecule has 0 aliphatic carbocycles. The normalized spacial score (nSPS) is 16.2. The first-order chi connectivity index (χ1) is 11.8. The molecule has 1 N–H and O–H groups in total. The van der Waals surface area contributed by atoms with Crippen LogP contribution in [0.25, 0.3) is 0 Å². The molecule has 1 aromatic carbocycles. The average molecular weight is 332 g/mol. The van der Waals surface area contributed by atoms with Crippen LogP contribution in [0.2, 0.25) is 0 Å². The van der Waals surface area contributed by atoms with Crippen molar-refractivity contribution >= 4 is 5.91 Å². The maximum atomic E-state index is 12.2. The zero-order valence-electron chi connectivity index (χ0n) is 15.0. The minimum atomic E-state index is 0.197. The SMILES string of the molecule is CCOCCCNC(=O)C1CCN(CCCc2ccccc2)CC1. The fraction of sp³-hybridized carbons (Fsp3) is 0.650. The first-order valence-corrected chi connectivity index (χ1v) is 9.41. The number of likely N-dealkylation sites (tertiary alicyclic amines) is 1. The van der Waals surface area contributed by atoms with E-state index in [1.807, 2.05) is 6.92 Å². The Morgan fingerprint density at radius 2 is 1.96 bits per heavy atom. The Morgan fingerprint density at radius 1 is 1.21 bits per heavy atom. The van der Waals surface area contributed by atoms with Crippen LogP contribution in [0.5, 0.6) is 0 Å². The van der Waals surface area contributed by atoms with E-state index in [1.54, 1.807) is 0 Å². The second kappa shape index (κ2) is 11.2. The van der Waals surface area contributed by atoms with Crippen molar-refractivity contribution < 1.29 is 9.53 Å². The number of nitrogens with zero attached hydrogens (tertiary/aromatic N) is 1. The number of carbonyl (C=O) groups excluding carboxylic acids is 1. The van der Waals surface area contributed by atoms with Crippen molar-refractivity contribution in [1.82, 2.24) is 10.2 Å². The van der Waals surface area contributed by atoms with Crippen LogP contribution in [-0.2, 0) is 16.0 Å². The van der Waals surface area contributed by atoms with Crippen LogP contribution >= 0.6 is 0 Å². The summed E-state index contributed by atoms with van der Waals surface area (Å²) in [6.45, 7) is 7.44. The van der Waals surface area contributed by atoms with E-state index in [9.17, 15) is 4.79 Å². The molecule has 0 unspecified atom stereocenters. The van der Waals surface area contributed by atoms with E-state index in [-0.39, 0.29) is 11.8 Å².